The van der Waals surface area contributed by atoms with E-state index in [1.807, 2.05) is 0 Å². The van der Waals surface area contributed by atoms with Gasteiger partial charge in [-0.05, 0) is 50.1 Å². The van der Waals surface area contributed by atoms with Crippen LogP contribution in [0, 0.1) is 12.7 Å². The zero-order valence-corrected chi connectivity index (χ0v) is 16.0. The maximum atomic E-state index is 13.4. The average molecular weight is 428 g/mol. The Labute approximate surface area is 163 Å². The van der Waals surface area contributed by atoms with Crippen molar-refractivity contribution >= 4 is 15.7 Å². The number of rotatable bonds is 3. The summed E-state index contributed by atoms with van der Waals surface area (Å²) >= 11 is 0. The van der Waals surface area contributed by atoms with E-state index in [0.29, 0.717) is 17.4 Å². The van der Waals surface area contributed by atoms with Crippen molar-refractivity contribution in [3.63, 3.8) is 0 Å². The molecule has 3 aromatic rings. The first-order valence-electron chi connectivity index (χ1n) is 8.79. The van der Waals surface area contributed by atoms with E-state index in [2.05, 4.69) is 10.1 Å². The summed E-state index contributed by atoms with van der Waals surface area (Å²) < 4.78 is 81.2. The fourth-order valence-electron chi connectivity index (χ4n) is 3.55. The predicted octanol–water partition coefficient (Wildman–Crippen LogP) is 3.72. The third kappa shape index (κ3) is 3.48. The molecular weight excluding hydrogens is 412 g/mol. The quantitative estimate of drug-likeness (QED) is 0.597. The number of halogens is 4. The van der Waals surface area contributed by atoms with E-state index in [1.165, 1.54) is 17.3 Å². The lowest BCUT2D eigenvalue weighted by Crippen LogP contribution is -2.31. The van der Waals surface area contributed by atoms with Gasteiger partial charge in [-0.2, -0.15) is 22.6 Å². The molecule has 1 aromatic carbocycles. The molecule has 1 aliphatic rings. The topological polar surface area (TPSA) is 67.6 Å². The van der Waals surface area contributed by atoms with Gasteiger partial charge in [0.05, 0.1) is 16.6 Å². The second kappa shape index (κ2) is 6.77. The Morgan fingerprint density at radius 3 is 2.48 bits per heavy atom. The molecule has 1 aliphatic heterocycles. The summed E-state index contributed by atoms with van der Waals surface area (Å²) in [6.45, 7) is 1.64. The monoisotopic (exact) mass is 428 g/mol. The first-order valence-corrected chi connectivity index (χ1v) is 10.2. The van der Waals surface area contributed by atoms with Gasteiger partial charge in [0.25, 0.3) is 0 Å². The zero-order valence-electron chi connectivity index (χ0n) is 15.2. The van der Waals surface area contributed by atoms with Gasteiger partial charge >= 0.3 is 6.18 Å². The number of fused-ring (bicyclic) bond motifs is 1. The minimum Gasteiger partial charge on any atom is -0.234 e. The Morgan fingerprint density at radius 2 is 1.83 bits per heavy atom. The molecule has 1 unspecified atom stereocenters. The van der Waals surface area contributed by atoms with Crippen molar-refractivity contribution in [1.82, 2.24) is 18.9 Å². The molecule has 0 bridgehead atoms. The lowest BCUT2D eigenvalue weighted by atomic mass is 10.2. The first-order chi connectivity index (χ1) is 13.6. The summed E-state index contributed by atoms with van der Waals surface area (Å²) in [5.74, 6) is -0.566. The van der Waals surface area contributed by atoms with Crippen LogP contribution in [0.1, 0.15) is 36.0 Å². The van der Waals surface area contributed by atoms with Crippen molar-refractivity contribution in [2.24, 2.45) is 0 Å². The smallest absolute Gasteiger partial charge is 0.234 e. The van der Waals surface area contributed by atoms with E-state index < -0.39 is 33.8 Å². The first kappa shape index (κ1) is 19.8. The molecule has 0 radical (unpaired) electrons. The van der Waals surface area contributed by atoms with Gasteiger partial charge in [-0.1, -0.05) is 0 Å². The Balaban J connectivity index is 1.78. The summed E-state index contributed by atoms with van der Waals surface area (Å²) in [6, 6.07) is 5.97. The highest BCUT2D eigenvalue weighted by Gasteiger charge is 2.39. The van der Waals surface area contributed by atoms with E-state index in [9.17, 15) is 26.0 Å². The number of aryl methyl sites for hydroxylation is 1. The molecule has 0 N–H and O–H groups in total. The fraction of sp³-hybridized carbons (Fsp3) is 0.333. The van der Waals surface area contributed by atoms with Gasteiger partial charge in [-0.25, -0.2) is 22.3 Å². The van der Waals surface area contributed by atoms with Crippen molar-refractivity contribution in [2.75, 3.05) is 6.54 Å². The fourth-order valence-corrected chi connectivity index (χ4v) is 5.22. The van der Waals surface area contributed by atoms with E-state index in [1.54, 1.807) is 0 Å². The van der Waals surface area contributed by atoms with Gasteiger partial charge in [0.1, 0.15) is 11.5 Å². The zero-order chi connectivity index (χ0) is 21.0. The van der Waals surface area contributed by atoms with Crippen molar-refractivity contribution in [3.05, 3.63) is 59.3 Å². The molecule has 2 aromatic heterocycles. The van der Waals surface area contributed by atoms with E-state index in [4.69, 9.17) is 0 Å². The Bertz CT molecular complexity index is 1170. The second-order valence-electron chi connectivity index (χ2n) is 6.85. The molecule has 6 nitrogen and oxygen atoms in total. The van der Waals surface area contributed by atoms with Crippen LogP contribution in [0.3, 0.4) is 0 Å². The summed E-state index contributed by atoms with van der Waals surface area (Å²) in [5, 5.41) is 4.04. The Morgan fingerprint density at radius 1 is 1.14 bits per heavy atom. The number of hydrogen-bond acceptors (Lipinski definition) is 4. The van der Waals surface area contributed by atoms with Crippen molar-refractivity contribution in [1.29, 1.82) is 0 Å². The lowest BCUT2D eigenvalue weighted by Gasteiger charge is -2.22. The molecule has 1 fully saturated rings. The third-order valence-corrected chi connectivity index (χ3v) is 6.75. The van der Waals surface area contributed by atoms with Crippen molar-refractivity contribution in [3.8, 4) is 0 Å². The number of alkyl halides is 3. The maximum Gasteiger partial charge on any atom is 0.433 e. The van der Waals surface area contributed by atoms with E-state index >= 15 is 0 Å². The second-order valence-corrected chi connectivity index (χ2v) is 8.74. The van der Waals surface area contributed by atoms with Crippen molar-refractivity contribution < 1.29 is 26.0 Å². The van der Waals surface area contributed by atoms with E-state index in [-0.39, 0.29) is 28.5 Å². The van der Waals surface area contributed by atoms with Crippen LogP contribution in [0.4, 0.5) is 17.6 Å². The lowest BCUT2D eigenvalue weighted by molar-refractivity contribution is -0.142. The van der Waals surface area contributed by atoms with Gasteiger partial charge in [0.2, 0.25) is 10.0 Å². The van der Waals surface area contributed by atoms with Gasteiger partial charge in [0, 0.05) is 18.3 Å². The largest absolute Gasteiger partial charge is 0.433 e. The van der Waals surface area contributed by atoms with Crippen molar-refractivity contribution in [2.45, 2.75) is 36.9 Å². The molecular formula is C18H16F4N4O2S. The molecule has 0 saturated carbocycles. The predicted molar refractivity (Wildman–Crippen MR) is 95.0 cm³/mol. The molecule has 0 spiro atoms. The number of benzene rings is 1. The molecule has 0 aliphatic carbocycles. The standard InChI is InChI=1S/C18H16F4N4O2S/c1-11-9-16(18(20,21)22)26-17(23-11)10-14(24-26)15-3-2-8-25(15)29(27,28)13-6-4-12(19)5-7-13/h4-7,9-10,15H,2-3,8H2,1H3. The molecule has 11 heteroatoms. The minimum absolute atomic E-state index is 0.00152. The summed E-state index contributed by atoms with van der Waals surface area (Å²) in [7, 11) is -3.96. The summed E-state index contributed by atoms with van der Waals surface area (Å²) in [4.78, 5) is 4.00. The summed E-state index contributed by atoms with van der Waals surface area (Å²) in [5.41, 5.74) is -0.606. The minimum atomic E-state index is -4.63. The van der Waals surface area contributed by atoms with Gasteiger partial charge in [-0.3, -0.25) is 0 Å². The number of sulfonamides is 1. The highest BCUT2D eigenvalue weighted by Crippen LogP contribution is 2.37. The SMILES string of the molecule is Cc1cc(C(F)(F)F)n2nc(C3CCCN3S(=O)(=O)c3ccc(F)cc3)cc2n1. The Kier molecular flexibility index (Phi) is 4.61. The van der Waals surface area contributed by atoms with Crippen LogP contribution in [0.15, 0.2) is 41.3 Å². The van der Waals surface area contributed by atoms with Gasteiger partial charge in [0.15, 0.2) is 5.65 Å². The van der Waals surface area contributed by atoms with E-state index in [0.717, 1.165) is 30.3 Å². The highest BCUT2D eigenvalue weighted by atomic mass is 32.2. The average Bonchev–Trinajstić information content (AvgIpc) is 3.27. The molecule has 4 rings (SSSR count). The molecule has 154 valence electrons. The summed E-state index contributed by atoms with van der Waals surface area (Å²) in [6.07, 6.45) is -3.70. The van der Waals surface area contributed by atoms with Gasteiger partial charge < -0.3 is 0 Å². The highest BCUT2D eigenvalue weighted by molar-refractivity contribution is 7.89. The van der Waals surface area contributed by atoms with Crippen LogP contribution in [-0.4, -0.2) is 33.9 Å². The van der Waals surface area contributed by atoms with Gasteiger partial charge in [-0.15, -0.1) is 0 Å². The van der Waals surface area contributed by atoms with Crippen LogP contribution in [0.25, 0.3) is 5.65 Å². The van der Waals surface area contributed by atoms with Crippen LogP contribution >= 0.6 is 0 Å². The molecule has 0 amide bonds. The number of aromatic nitrogens is 3. The Hall–Kier alpha value is -2.53. The molecule has 1 saturated heterocycles. The van der Waals surface area contributed by atoms with Crippen LogP contribution in [-0.2, 0) is 16.2 Å². The van der Waals surface area contributed by atoms with Crippen LogP contribution in [0.2, 0.25) is 0 Å². The normalized spacial score (nSPS) is 18.6. The molecule has 1 atom stereocenters. The van der Waals surface area contributed by atoms with Crippen LogP contribution < -0.4 is 0 Å². The molecule has 3 heterocycles. The number of nitrogens with zero attached hydrogens (tertiary/aromatic N) is 4. The van der Waals surface area contributed by atoms with Crippen LogP contribution in [0.5, 0.6) is 0 Å². The maximum absolute atomic E-state index is 13.4. The molecule has 29 heavy (non-hydrogen) atoms. The number of hydrogen-bond donors (Lipinski definition) is 0. The third-order valence-electron chi connectivity index (χ3n) is 4.83.